The molecule has 0 unspecified atom stereocenters. The van der Waals surface area contributed by atoms with Crippen molar-refractivity contribution in [3.63, 3.8) is 0 Å². The molecule has 0 spiro atoms. The summed E-state index contributed by atoms with van der Waals surface area (Å²) in [6.45, 7) is 6.01. The van der Waals surface area contributed by atoms with Gasteiger partial charge in [0.1, 0.15) is 10.8 Å². The lowest BCUT2D eigenvalue weighted by Crippen LogP contribution is -2.35. The van der Waals surface area contributed by atoms with Crippen LogP contribution in [-0.4, -0.2) is 60.0 Å². The highest BCUT2D eigenvalue weighted by Crippen LogP contribution is 2.17. The normalized spacial score (nSPS) is 14.7. The highest BCUT2D eigenvalue weighted by molar-refractivity contribution is 7.09. The summed E-state index contributed by atoms with van der Waals surface area (Å²) in [5, 5.41) is 3.06. The van der Waals surface area contributed by atoms with Gasteiger partial charge in [0.2, 0.25) is 0 Å². The van der Waals surface area contributed by atoms with E-state index in [0.29, 0.717) is 17.9 Å². The van der Waals surface area contributed by atoms with Gasteiger partial charge in [0, 0.05) is 38.0 Å². The molecule has 0 atom stereocenters. The third-order valence-electron chi connectivity index (χ3n) is 4.17. The van der Waals surface area contributed by atoms with Crippen molar-refractivity contribution in [1.29, 1.82) is 0 Å². The number of ether oxygens (including phenoxy) is 2. The molecule has 2 heterocycles. The first-order chi connectivity index (χ1) is 13.0. The molecule has 0 N–H and O–H groups in total. The van der Waals surface area contributed by atoms with E-state index in [4.69, 9.17) is 9.47 Å². The van der Waals surface area contributed by atoms with Gasteiger partial charge in [-0.3, -0.25) is 14.5 Å². The van der Waals surface area contributed by atoms with Gasteiger partial charge in [-0.25, -0.2) is 4.98 Å². The molecule has 8 heteroatoms. The van der Waals surface area contributed by atoms with Crippen LogP contribution in [0.1, 0.15) is 28.0 Å². The maximum Gasteiger partial charge on any atom is 0.308 e. The minimum Gasteiger partial charge on any atom is -0.427 e. The lowest BCUT2D eigenvalue weighted by Gasteiger charge is -2.25. The van der Waals surface area contributed by atoms with Crippen molar-refractivity contribution in [3.05, 3.63) is 45.9 Å². The molecule has 2 aromatic rings. The fourth-order valence-electron chi connectivity index (χ4n) is 2.81. The van der Waals surface area contributed by atoms with Crippen molar-refractivity contribution in [1.82, 2.24) is 14.8 Å². The van der Waals surface area contributed by atoms with Crippen LogP contribution in [0.4, 0.5) is 0 Å². The van der Waals surface area contributed by atoms with Gasteiger partial charge in [0.15, 0.2) is 0 Å². The molecule has 0 radical (unpaired) electrons. The zero-order valence-corrected chi connectivity index (χ0v) is 16.3. The van der Waals surface area contributed by atoms with Crippen LogP contribution in [0.5, 0.6) is 5.75 Å². The molecule has 1 amide bonds. The Labute approximate surface area is 162 Å². The van der Waals surface area contributed by atoms with Crippen LogP contribution in [-0.2, 0) is 22.6 Å². The predicted octanol–water partition coefficient (Wildman–Crippen LogP) is 2.17. The topological polar surface area (TPSA) is 72.0 Å². The zero-order chi connectivity index (χ0) is 19.2. The maximum atomic E-state index is 12.6. The standard InChI is InChI=1S/C19H23N3O4S/c1-14(23)26-17-5-3-15(4-6-17)19(24)21(2)11-16-13-27-18(20-16)12-22-7-9-25-10-8-22/h3-6,13H,7-12H2,1-2H3. The number of aromatic nitrogens is 1. The van der Waals surface area contributed by atoms with Gasteiger partial charge in [0.05, 0.1) is 32.0 Å². The van der Waals surface area contributed by atoms with Crippen LogP contribution < -0.4 is 4.74 Å². The second-order valence-electron chi connectivity index (χ2n) is 6.40. The Kier molecular flexibility index (Phi) is 6.54. The number of benzene rings is 1. The monoisotopic (exact) mass is 389 g/mol. The van der Waals surface area contributed by atoms with Gasteiger partial charge in [0.25, 0.3) is 5.91 Å². The van der Waals surface area contributed by atoms with E-state index in [2.05, 4.69) is 9.88 Å². The Morgan fingerprint density at radius 2 is 1.96 bits per heavy atom. The van der Waals surface area contributed by atoms with Gasteiger partial charge in [-0.05, 0) is 24.3 Å². The Balaban J connectivity index is 1.55. The molecule has 1 saturated heterocycles. The average Bonchev–Trinajstić information content (AvgIpc) is 3.09. The van der Waals surface area contributed by atoms with Crippen LogP contribution >= 0.6 is 11.3 Å². The van der Waals surface area contributed by atoms with Crippen LogP contribution in [0.25, 0.3) is 0 Å². The number of thiazole rings is 1. The number of carbonyl (C=O) groups excluding carboxylic acids is 2. The Hall–Kier alpha value is -2.29. The van der Waals surface area contributed by atoms with Crippen LogP contribution in [0.2, 0.25) is 0 Å². The Morgan fingerprint density at radius 1 is 1.26 bits per heavy atom. The molecule has 0 aliphatic carbocycles. The first-order valence-corrected chi connectivity index (χ1v) is 9.66. The molecule has 7 nitrogen and oxygen atoms in total. The third kappa shape index (κ3) is 5.59. The van der Waals surface area contributed by atoms with Gasteiger partial charge in [-0.2, -0.15) is 0 Å². The van der Waals surface area contributed by atoms with Crippen molar-refractivity contribution < 1.29 is 19.1 Å². The minimum absolute atomic E-state index is 0.105. The van der Waals surface area contributed by atoms with Crippen molar-refractivity contribution in [3.8, 4) is 5.75 Å². The number of carbonyl (C=O) groups is 2. The maximum absolute atomic E-state index is 12.6. The number of nitrogens with zero attached hydrogens (tertiary/aromatic N) is 3. The number of rotatable bonds is 6. The summed E-state index contributed by atoms with van der Waals surface area (Å²) in [4.78, 5) is 32.1. The highest BCUT2D eigenvalue weighted by Gasteiger charge is 2.16. The largest absolute Gasteiger partial charge is 0.427 e. The number of morpholine rings is 1. The van der Waals surface area contributed by atoms with Crippen LogP contribution in [0, 0.1) is 0 Å². The summed E-state index contributed by atoms with van der Waals surface area (Å²) in [5.41, 5.74) is 1.42. The van der Waals surface area contributed by atoms with Crippen LogP contribution in [0.3, 0.4) is 0 Å². The molecule has 27 heavy (non-hydrogen) atoms. The molecular formula is C19H23N3O4S. The van der Waals surface area contributed by atoms with Gasteiger partial charge < -0.3 is 14.4 Å². The molecule has 0 saturated carbocycles. The predicted molar refractivity (Wildman–Crippen MR) is 102 cm³/mol. The summed E-state index contributed by atoms with van der Waals surface area (Å²) in [6.07, 6.45) is 0. The third-order valence-corrected chi connectivity index (χ3v) is 5.05. The lowest BCUT2D eigenvalue weighted by molar-refractivity contribution is -0.131. The fourth-order valence-corrected chi connectivity index (χ4v) is 3.64. The zero-order valence-electron chi connectivity index (χ0n) is 15.5. The highest BCUT2D eigenvalue weighted by atomic mass is 32.1. The molecule has 3 rings (SSSR count). The number of amides is 1. The quantitative estimate of drug-likeness (QED) is 0.557. The average molecular weight is 389 g/mol. The summed E-state index contributed by atoms with van der Waals surface area (Å²) in [5.74, 6) is -0.0660. The number of hydrogen-bond donors (Lipinski definition) is 0. The Morgan fingerprint density at radius 3 is 2.63 bits per heavy atom. The summed E-state index contributed by atoms with van der Waals surface area (Å²) in [7, 11) is 1.75. The molecule has 1 aliphatic heterocycles. The van der Waals surface area contributed by atoms with Gasteiger partial charge in [-0.15, -0.1) is 11.3 Å². The van der Waals surface area contributed by atoms with Gasteiger partial charge in [-0.1, -0.05) is 0 Å². The molecular weight excluding hydrogens is 366 g/mol. The first-order valence-electron chi connectivity index (χ1n) is 8.78. The smallest absolute Gasteiger partial charge is 0.308 e. The van der Waals surface area contributed by atoms with Crippen molar-refractivity contribution in [2.75, 3.05) is 33.4 Å². The van der Waals surface area contributed by atoms with E-state index in [1.165, 1.54) is 6.92 Å². The summed E-state index contributed by atoms with van der Waals surface area (Å²) >= 11 is 1.62. The Bertz CT molecular complexity index is 785. The van der Waals surface area contributed by atoms with E-state index >= 15 is 0 Å². The second kappa shape index (κ2) is 9.07. The van der Waals surface area contributed by atoms with E-state index in [9.17, 15) is 9.59 Å². The van der Waals surface area contributed by atoms with E-state index in [-0.39, 0.29) is 11.9 Å². The van der Waals surface area contributed by atoms with Crippen LogP contribution in [0.15, 0.2) is 29.6 Å². The molecule has 1 aromatic heterocycles. The lowest BCUT2D eigenvalue weighted by atomic mass is 10.2. The molecule has 1 aliphatic rings. The van der Waals surface area contributed by atoms with E-state index in [0.717, 1.165) is 43.5 Å². The molecule has 1 fully saturated rings. The van der Waals surface area contributed by atoms with Crippen molar-refractivity contribution in [2.45, 2.75) is 20.0 Å². The van der Waals surface area contributed by atoms with E-state index in [1.807, 2.05) is 5.38 Å². The van der Waals surface area contributed by atoms with Gasteiger partial charge >= 0.3 is 5.97 Å². The molecule has 144 valence electrons. The SMILES string of the molecule is CC(=O)Oc1ccc(C(=O)N(C)Cc2csc(CN3CCOCC3)n2)cc1. The summed E-state index contributed by atoms with van der Waals surface area (Å²) < 4.78 is 10.3. The second-order valence-corrected chi connectivity index (χ2v) is 7.34. The summed E-state index contributed by atoms with van der Waals surface area (Å²) in [6, 6.07) is 6.54. The minimum atomic E-state index is -0.386. The van der Waals surface area contributed by atoms with E-state index < -0.39 is 0 Å². The molecule has 0 bridgehead atoms. The van der Waals surface area contributed by atoms with Crippen molar-refractivity contribution in [2.24, 2.45) is 0 Å². The molecule has 1 aromatic carbocycles. The van der Waals surface area contributed by atoms with Crippen molar-refractivity contribution >= 4 is 23.2 Å². The number of hydrogen-bond acceptors (Lipinski definition) is 7. The van der Waals surface area contributed by atoms with E-state index in [1.54, 1.807) is 47.5 Å². The fraction of sp³-hybridized carbons (Fsp3) is 0.421. The number of esters is 1. The first kappa shape index (κ1) is 19.5.